The van der Waals surface area contributed by atoms with Crippen molar-refractivity contribution < 1.29 is 0 Å². The lowest BCUT2D eigenvalue weighted by Gasteiger charge is -2.17. The molecule has 1 N–H and O–H groups in total. The van der Waals surface area contributed by atoms with Crippen molar-refractivity contribution in [1.29, 1.82) is 0 Å². The van der Waals surface area contributed by atoms with E-state index in [1.54, 1.807) is 7.05 Å². The Bertz CT molecular complexity index is 589. The average Bonchev–Trinajstić information content (AvgIpc) is 2.97. The van der Waals surface area contributed by atoms with Crippen LogP contribution >= 0.6 is 11.6 Å². The maximum absolute atomic E-state index is 5.93. The number of rotatable bonds is 3. The number of aromatic nitrogens is 3. The summed E-state index contributed by atoms with van der Waals surface area (Å²) < 4.78 is 0. The van der Waals surface area contributed by atoms with Crippen LogP contribution < -0.4 is 10.2 Å². The maximum atomic E-state index is 5.93. The second kappa shape index (κ2) is 5.63. The van der Waals surface area contributed by atoms with Crippen LogP contribution in [0.3, 0.4) is 0 Å². The number of hydrogen-bond donors (Lipinski definition) is 1. The first kappa shape index (κ1) is 13.1. The van der Waals surface area contributed by atoms with Crippen molar-refractivity contribution in [3.63, 3.8) is 0 Å². The average molecular weight is 290 g/mol. The smallest absolute Gasteiger partial charge is 0.231 e. The highest BCUT2D eigenvalue weighted by Crippen LogP contribution is 2.29. The van der Waals surface area contributed by atoms with Gasteiger partial charge in [-0.05, 0) is 23.6 Å². The summed E-state index contributed by atoms with van der Waals surface area (Å²) >= 11 is 5.93. The zero-order valence-electron chi connectivity index (χ0n) is 11.3. The first-order valence-corrected chi connectivity index (χ1v) is 7.03. The molecule has 5 nitrogen and oxygen atoms in total. The van der Waals surface area contributed by atoms with E-state index in [1.807, 2.05) is 6.07 Å². The molecule has 104 valence electrons. The molecule has 2 heterocycles. The first-order chi connectivity index (χ1) is 9.76. The van der Waals surface area contributed by atoms with Crippen molar-refractivity contribution in [2.75, 3.05) is 30.4 Å². The van der Waals surface area contributed by atoms with Gasteiger partial charge >= 0.3 is 0 Å². The number of halogens is 1. The van der Waals surface area contributed by atoms with Crippen LogP contribution in [0.25, 0.3) is 0 Å². The molecule has 1 saturated heterocycles. The first-order valence-electron chi connectivity index (χ1n) is 6.65. The summed E-state index contributed by atoms with van der Waals surface area (Å²) in [4.78, 5) is 14.8. The van der Waals surface area contributed by atoms with E-state index >= 15 is 0 Å². The molecule has 1 fully saturated rings. The summed E-state index contributed by atoms with van der Waals surface area (Å²) in [5.74, 6) is 1.67. The summed E-state index contributed by atoms with van der Waals surface area (Å²) in [6.07, 6.45) is 1.10. The van der Waals surface area contributed by atoms with Crippen LogP contribution in [0, 0.1) is 0 Å². The zero-order valence-corrected chi connectivity index (χ0v) is 12.0. The van der Waals surface area contributed by atoms with Gasteiger partial charge in [0.05, 0.1) is 0 Å². The molecule has 0 saturated carbocycles. The van der Waals surface area contributed by atoms with E-state index in [2.05, 4.69) is 49.4 Å². The van der Waals surface area contributed by atoms with Crippen LogP contribution in [0.1, 0.15) is 17.9 Å². The van der Waals surface area contributed by atoms with E-state index in [0.717, 1.165) is 19.5 Å². The summed E-state index contributed by atoms with van der Waals surface area (Å²) in [6.45, 7) is 1.84. The van der Waals surface area contributed by atoms with E-state index in [9.17, 15) is 0 Å². The molecule has 20 heavy (non-hydrogen) atoms. The topological polar surface area (TPSA) is 53.9 Å². The van der Waals surface area contributed by atoms with Gasteiger partial charge in [-0.1, -0.05) is 30.3 Å². The molecule has 0 amide bonds. The lowest BCUT2D eigenvalue weighted by atomic mass is 9.99. The van der Waals surface area contributed by atoms with Gasteiger partial charge in [0.2, 0.25) is 17.2 Å². The minimum atomic E-state index is 0.225. The molecule has 1 atom stereocenters. The summed E-state index contributed by atoms with van der Waals surface area (Å²) in [5.41, 5.74) is 1.36. The molecule has 1 aliphatic heterocycles. The second-order valence-electron chi connectivity index (χ2n) is 4.82. The molecule has 1 aromatic carbocycles. The molecular formula is C14H16ClN5. The predicted molar refractivity (Wildman–Crippen MR) is 80.4 cm³/mol. The molecule has 2 aromatic rings. The number of anilines is 2. The van der Waals surface area contributed by atoms with Crippen molar-refractivity contribution in [1.82, 2.24) is 15.0 Å². The van der Waals surface area contributed by atoms with Crippen LogP contribution in [0.2, 0.25) is 5.28 Å². The third kappa shape index (κ3) is 2.67. The third-order valence-corrected chi connectivity index (χ3v) is 3.73. The highest BCUT2D eigenvalue weighted by Gasteiger charge is 2.26. The molecule has 1 aliphatic rings. The minimum absolute atomic E-state index is 0.225. The minimum Gasteiger partial charge on any atom is -0.357 e. The summed E-state index contributed by atoms with van der Waals surface area (Å²) in [5, 5.41) is 3.13. The van der Waals surface area contributed by atoms with Gasteiger partial charge in [0.1, 0.15) is 0 Å². The molecular weight excluding hydrogens is 274 g/mol. The van der Waals surface area contributed by atoms with Crippen molar-refractivity contribution in [3.05, 3.63) is 41.2 Å². The van der Waals surface area contributed by atoms with E-state index in [4.69, 9.17) is 11.6 Å². The molecule has 0 aliphatic carbocycles. The van der Waals surface area contributed by atoms with Gasteiger partial charge in [-0.3, -0.25) is 0 Å². The number of nitrogens with zero attached hydrogens (tertiary/aromatic N) is 4. The van der Waals surface area contributed by atoms with Crippen LogP contribution in [-0.2, 0) is 0 Å². The van der Waals surface area contributed by atoms with Gasteiger partial charge in [0, 0.05) is 26.1 Å². The molecule has 0 radical (unpaired) electrons. The molecule has 1 aromatic heterocycles. The van der Waals surface area contributed by atoms with Crippen LogP contribution in [0.15, 0.2) is 30.3 Å². The largest absolute Gasteiger partial charge is 0.357 e. The lowest BCUT2D eigenvalue weighted by Crippen LogP contribution is -2.22. The Balaban J connectivity index is 1.79. The van der Waals surface area contributed by atoms with Crippen molar-refractivity contribution >= 4 is 23.5 Å². The quantitative estimate of drug-likeness (QED) is 0.941. The third-order valence-electron chi connectivity index (χ3n) is 3.56. The monoisotopic (exact) mass is 289 g/mol. The van der Waals surface area contributed by atoms with Gasteiger partial charge in [-0.25, -0.2) is 0 Å². The fourth-order valence-corrected chi connectivity index (χ4v) is 2.69. The SMILES string of the molecule is CNc1nc(Cl)nc(N2CCC(c3ccccc3)C2)n1. The van der Waals surface area contributed by atoms with E-state index in [1.165, 1.54) is 5.56 Å². The standard InChI is InChI=1S/C14H16ClN5/c1-16-13-17-12(15)18-14(19-13)20-8-7-11(9-20)10-5-3-2-4-6-10/h2-6,11H,7-9H2,1H3,(H,16,17,18,19). The van der Waals surface area contributed by atoms with Gasteiger partial charge in [-0.15, -0.1) is 0 Å². The van der Waals surface area contributed by atoms with Crippen LogP contribution in [0.5, 0.6) is 0 Å². The lowest BCUT2D eigenvalue weighted by molar-refractivity contribution is 0.772. The van der Waals surface area contributed by atoms with E-state index < -0.39 is 0 Å². The van der Waals surface area contributed by atoms with Crippen molar-refractivity contribution in [2.45, 2.75) is 12.3 Å². The highest BCUT2D eigenvalue weighted by atomic mass is 35.5. The highest BCUT2D eigenvalue weighted by molar-refractivity contribution is 6.28. The van der Waals surface area contributed by atoms with E-state index in [-0.39, 0.29) is 5.28 Å². The Morgan fingerprint density at radius 3 is 2.75 bits per heavy atom. The Kier molecular flexibility index (Phi) is 3.69. The Morgan fingerprint density at radius 1 is 1.20 bits per heavy atom. The second-order valence-corrected chi connectivity index (χ2v) is 5.16. The van der Waals surface area contributed by atoms with Crippen LogP contribution in [0.4, 0.5) is 11.9 Å². The molecule has 0 spiro atoms. The number of hydrogen-bond acceptors (Lipinski definition) is 5. The normalized spacial score (nSPS) is 18.3. The fraction of sp³-hybridized carbons (Fsp3) is 0.357. The molecule has 0 bridgehead atoms. The van der Waals surface area contributed by atoms with Gasteiger partial charge in [-0.2, -0.15) is 15.0 Å². The van der Waals surface area contributed by atoms with Gasteiger partial charge < -0.3 is 10.2 Å². The Morgan fingerprint density at radius 2 is 2.00 bits per heavy atom. The van der Waals surface area contributed by atoms with Crippen LogP contribution in [-0.4, -0.2) is 35.1 Å². The van der Waals surface area contributed by atoms with Crippen molar-refractivity contribution in [2.24, 2.45) is 0 Å². The molecule has 1 unspecified atom stereocenters. The van der Waals surface area contributed by atoms with Crippen molar-refractivity contribution in [3.8, 4) is 0 Å². The summed E-state index contributed by atoms with van der Waals surface area (Å²) in [7, 11) is 1.77. The number of nitrogens with one attached hydrogen (secondary N) is 1. The fourth-order valence-electron chi connectivity index (χ4n) is 2.53. The molecule has 6 heteroatoms. The summed E-state index contributed by atoms with van der Waals surface area (Å²) in [6, 6.07) is 10.6. The Labute approximate surface area is 123 Å². The molecule has 3 rings (SSSR count). The number of benzene rings is 1. The maximum Gasteiger partial charge on any atom is 0.231 e. The zero-order chi connectivity index (χ0) is 13.9. The predicted octanol–water partition coefficient (Wildman–Crippen LogP) is 2.56. The van der Waals surface area contributed by atoms with E-state index in [0.29, 0.717) is 17.8 Å². The van der Waals surface area contributed by atoms with Gasteiger partial charge in [0.15, 0.2) is 0 Å². The van der Waals surface area contributed by atoms with Gasteiger partial charge in [0.25, 0.3) is 0 Å². The Hall–Kier alpha value is -1.88.